The highest BCUT2D eigenvalue weighted by atomic mass is 16.2. The molecule has 5 heteroatoms. The molecule has 0 bridgehead atoms. The Bertz CT molecular complexity index is 525. The first-order valence-electron chi connectivity index (χ1n) is 8.43. The predicted octanol–water partition coefficient (Wildman–Crippen LogP) is 2.16. The highest BCUT2D eigenvalue weighted by molar-refractivity contribution is 5.92. The molecule has 1 unspecified atom stereocenters. The summed E-state index contributed by atoms with van der Waals surface area (Å²) in [6.07, 6.45) is 7.97. The van der Waals surface area contributed by atoms with Crippen LogP contribution in [0, 0.1) is 5.92 Å². The van der Waals surface area contributed by atoms with Gasteiger partial charge in [-0.1, -0.05) is 6.92 Å². The average Bonchev–Trinajstić information content (AvgIpc) is 2.55. The Kier molecular flexibility index (Phi) is 4.71. The summed E-state index contributed by atoms with van der Waals surface area (Å²) in [5, 5.41) is 0. The molecule has 22 heavy (non-hydrogen) atoms. The van der Waals surface area contributed by atoms with E-state index in [2.05, 4.69) is 28.8 Å². The summed E-state index contributed by atoms with van der Waals surface area (Å²) >= 11 is 0. The van der Waals surface area contributed by atoms with Crippen LogP contribution in [0.1, 0.15) is 54.7 Å². The number of amides is 1. The fraction of sp³-hybridized carbons (Fsp3) is 0.706. The molecule has 2 aliphatic heterocycles. The number of hydrogen-bond donors (Lipinski definition) is 0. The predicted molar refractivity (Wildman–Crippen MR) is 85.8 cm³/mol. The molecule has 5 nitrogen and oxygen atoms in total. The number of likely N-dealkylation sites (tertiary alicyclic amines) is 2. The molecule has 3 rings (SSSR count). The van der Waals surface area contributed by atoms with Crippen LogP contribution in [0.25, 0.3) is 0 Å². The molecule has 0 radical (unpaired) electrons. The molecule has 120 valence electrons. The molecule has 2 aliphatic rings. The van der Waals surface area contributed by atoms with E-state index in [1.54, 1.807) is 6.20 Å². The number of hydrogen-bond acceptors (Lipinski definition) is 4. The molecule has 1 aromatic rings. The van der Waals surface area contributed by atoms with Crippen molar-refractivity contribution < 1.29 is 4.79 Å². The Hall–Kier alpha value is -1.49. The van der Waals surface area contributed by atoms with Gasteiger partial charge in [-0.05, 0) is 51.7 Å². The number of carbonyl (C=O) groups is 1. The van der Waals surface area contributed by atoms with Gasteiger partial charge < -0.3 is 9.80 Å². The van der Waals surface area contributed by atoms with E-state index in [4.69, 9.17) is 0 Å². The number of aromatic nitrogens is 2. The third-order valence-corrected chi connectivity index (χ3v) is 4.95. The maximum Gasteiger partial charge on any atom is 0.274 e. The first-order chi connectivity index (χ1) is 10.6. The van der Waals surface area contributed by atoms with Crippen LogP contribution in [0.15, 0.2) is 12.4 Å². The van der Waals surface area contributed by atoms with E-state index in [0.717, 1.165) is 51.1 Å². The first-order valence-corrected chi connectivity index (χ1v) is 8.43. The SMILES string of the molecule is CC1CCCN(C(=O)c2cncc(C3CCN(C)CC3)n2)C1. The third-order valence-electron chi connectivity index (χ3n) is 4.95. The molecule has 0 saturated carbocycles. The zero-order chi connectivity index (χ0) is 15.5. The van der Waals surface area contributed by atoms with Crippen molar-refractivity contribution >= 4 is 5.91 Å². The van der Waals surface area contributed by atoms with Gasteiger partial charge in [0.05, 0.1) is 11.9 Å². The standard InChI is InChI=1S/C17H26N4O/c1-13-4-3-7-21(12-13)17(22)16-11-18-10-15(19-16)14-5-8-20(2)9-6-14/h10-11,13-14H,3-9,12H2,1-2H3. The molecule has 0 aliphatic carbocycles. The largest absolute Gasteiger partial charge is 0.337 e. The Morgan fingerprint density at radius 2 is 1.95 bits per heavy atom. The fourth-order valence-corrected chi connectivity index (χ4v) is 3.52. The monoisotopic (exact) mass is 302 g/mol. The van der Waals surface area contributed by atoms with Crippen LogP contribution in [0.4, 0.5) is 0 Å². The zero-order valence-corrected chi connectivity index (χ0v) is 13.7. The molecular formula is C17H26N4O. The summed E-state index contributed by atoms with van der Waals surface area (Å²) in [7, 11) is 2.15. The minimum absolute atomic E-state index is 0.0498. The zero-order valence-electron chi connectivity index (χ0n) is 13.7. The molecule has 1 amide bonds. The van der Waals surface area contributed by atoms with E-state index in [9.17, 15) is 4.79 Å². The van der Waals surface area contributed by atoms with E-state index in [-0.39, 0.29) is 5.91 Å². The van der Waals surface area contributed by atoms with Crippen molar-refractivity contribution in [3.05, 3.63) is 23.8 Å². The van der Waals surface area contributed by atoms with Gasteiger partial charge in [-0.2, -0.15) is 0 Å². The Balaban J connectivity index is 1.71. The van der Waals surface area contributed by atoms with Gasteiger partial charge in [0.1, 0.15) is 5.69 Å². The Morgan fingerprint density at radius 1 is 1.18 bits per heavy atom. The van der Waals surface area contributed by atoms with Crippen molar-refractivity contribution in [3.63, 3.8) is 0 Å². The van der Waals surface area contributed by atoms with Gasteiger partial charge in [0.25, 0.3) is 5.91 Å². The lowest BCUT2D eigenvalue weighted by atomic mass is 9.94. The highest BCUT2D eigenvalue weighted by Gasteiger charge is 2.25. The number of carbonyl (C=O) groups excluding carboxylic acids is 1. The van der Waals surface area contributed by atoms with Crippen molar-refractivity contribution in [1.82, 2.24) is 19.8 Å². The lowest BCUT2D eigenvalue weighted by molar-refractivity contribution is 0.0676. The van der Waals surface area contributed by atoms with Crippen LogP contribution in [0.5, 0.6) is 0 Å². The molecule has 0 aromatic carbocycles. The summed E-state index contributed by atoms with van der Waals surface area (Å²) in [5.74, 6) is 1.08. The maximum absolute atomic E-state index is 12.6. The van der Waals surface area contributed by atoms with Crippen LogP contribution >= 0.6 is 0 Å². The lowest BCUT2D eigenvalue weighted by Gasteiger charge is -2.31. The molecule has 1 atom stereocenters. The lowest BCUT2D eigenvalue weighted by Crippen LogP contribution is -2.39. The van der Waals surface area contributed by atoms with Crippen molar-refractivity contribution in [3.8, 4) is 0 Å². The maximum atomic E-state index is 12.6. The molecular weight excluding hydrogens is 276 g/mol. The van der Waals surface area contributed by atoms with Gasteiger partial charge >= 0.3 is 0 Å². The van der Waals surface area contributed by atoms with Crippen LogP contribution in [0.3, 0.4) is 0 Å². The van der Waals surface area contributed by atoms with E-state index >= 15 is 0 Å². The van der Waals surface area contributed by atoms with Gasteiger partial charge in [0, 0.05) is 25.2 Å². The van der Waals surface area contributed by atoms with E-state index < -0.39 is 0 Å². The molecule has 0 spiro atoms. The summed E-state index contributed by atoms with van der Waals surface area (Å²) in [6.45, 7) is 6.09. The number of piperidine rings is 2. The van der Waals surface area contributed by atoms with Gasteiger partial charge in [-0.3, -0.25) is 9.78 Å². The highest BCUT2D eigenvalue weighted by Crippen LogP contribution is 2.26. The van der Waals surface area contributed by atoms with Gasteiger partial charge in [0.15, 0.2) is 0 Å². The third kappa shape index (κ3) is 3.46. The smallest absolute Gasteiger partial charge is 0.274 e. The normalized spacial score (nSPS) is 24.5. The average molecular weight is 302 g/mol. The fourth-order valence-electron chi connectivity index (χ4n) is 3.52. The van der Waals surface area contributed by atoms with Crippen molar-refractivity contribution in [1.29, 1.82) is 0 Å². The summed E-state index contributed by atoms with van der Waals surface area (Å²) in [4.78, 5) is 25.9. The van der Waals surface area contributed by atoms with E-state index in [1.807, 2.05) is 11.1 Å². The van der Waals surface area contributed by atoms with E-state index in [0.29, 0.717) is 17.5 Å². The minimum atomic E-state index is 0.0498. The summed E-state index contributed by atoms with van der Waals surface area (Å²) in [6, 6.07) is 0. The van der Waals surface area contributed by atoms with Gasteiger partial charge in [-0.15, -0.1) is 0 Å². The topological polar surface area (TPSA) is 49.3 Å². The molecule has 2 saturated heterocycles. The van der Waals surface area contributed by atoms with Crippen molar-refractivity contribution in [2.24, 2.45) is 5.92 Å². The second kappa shape index (κ2) is 6.73. The molecule has 3 heterocycles. The quantitative estimate of drug-likeness (QED) is 0.840. The van der Waals surface area contributed by atoms with Gasteiger partial charge in [0.2, 0.25) is 0 Å². The number of nitrogens with zero attached hydrogens (tertiary/aromatic N) is 4. The van der Waals surface area contributed by atoms with Crippen molar-refractivity contribution in [2.45, 2.75) is 38.5 Å². The molecule has 1 aromatic heterocycles. The van der Waals surface area contributed by atoms with Crippen LogP contribution < -0.4 is 0 Å². The molecule has 0 N–H and O–H groups in total. The summed E-state index contributed by atoms with van der Waals surface area (Å²) < 4.78 is 0. The Morgan fingerprint density at radius 3 is 2.68 bits per heavy atom. The van der Waals surface area contributed by atoms with Crippen LogP contribution in [-0.2, 0) is 0 Å². The second-order valence-corrected chi connectivity index (χ2v) is 6.91. The number of rotatable bonds is 2. The first kappa shape index (κ1) is 15.4. The van der Waals surface area contributed by atoms with Crippen LogP contribution in [-0.4, -0.2) is 58.9 Å². The minimum Gasteiger partial charge on any atom is -0.337 e. The Labute approximate surface area is 132 Å². The van der Waals surface area contributed by atoms with E-state index in [1.165, 1.54) is 6.42 Å². The second-order valence-electron chi connectivity index (χ2n) is 6.91. The van der Waals surface area contributed by atoms with Crippen LogP contribution in [0.2, 0.25) is 0 Å². The van der Waals surface area contributed by atoms with Crippen molar-refractivity contribution in [2.75, 3.05) is 33.2 Å². The van der Waals surface area contributed by atoms with Gasteiger partial charge in [-0.25, -0.2) is 4.98 Å². The summed E-state index contributed by atoms with van der Waals surface area (Å²) in [5.41, 5.74) is 1.51. The molecule has 2 fully saturated rings.